The molecule has 0 atom stereocenters. The third kappa shape index (κ3) is 4.60. The van der Waals surface area contributed by atoms with E-state index in [1.165, 1.54) is 0 Å². The Hall–Kier alpha value is -2.90. The summed E-state index contributed by atoms with van der Waals surface area (Å²) in [6.45, 7) is 3.26. The summed E-state index contributed by atoms with van der Waals surface area (Å²) < 4.78 is 14.3. The number of benzene rings is 1. The van der Waals surface area contributed by atoms with E-state index in [4.69, 9.17) is 19.3 Å². The summed E-state index contributed by atoms with van der Waals surface area (Å²) in [5.74, 6) is -4.65. The number of hydrogen-bond donors (Lipinski definition) is 1. The molecule has 0 fully saturated rings. The molecule has 8 heteroatoms. The highest BCUT2D eigenvalue weighted by Gasteiger charge is 2.22. The Labute approximate surface area is 119 Å². The van der Waals surface area contributed by atoms with Gasteiger partial charge in [-0.3, -0.25) is 14.4 Å². The predicted octanol–water partition coefficient (Wildman–Crippen LogP) is 1.16. The Kier molecular flexibility index (Phi) is 5.01. The minimum atomic E-state index is -1.45. The maximum atomic E-state index is 11.2. The van der Waals surface area contributed by atoms with Crippen LogP contribution in [0.4, 0.5) is 0 Å². The van der Waals surface area contributed by atoms with Crippen LogP contribution in [0.5, 0.6) is 17.2 Å². The van der Waals surface area contributed by atoms with Gasteiger partial charge in [-0.15, -0.1) is 0 Å². The van der Waals surface area contributed by atoms with Crippen molar-refractivity contribution in [2.75, 3.05) is 0 Å². The van der Waals surface area contributed by atoms with Crippen LogP contribution in [-0.4, -0.2) is 29.0 Å². The van der Waals surface area contributed by atoms with Crippen LogP contribution in [0.1, 0.15) is 31.1 Å². The molecule has 0 aliphatic rings. The molecule has 0 bridgehead atoms. The molecule has 0 aliphatic heterocycles. The number of rotatable bonds is 4. The van der Waals surface area contributed by atoms with Crippen LogP contribution in [0.2, 0.25) is 0 Å². The van der Waals surface area contributed by atoms with Gasteiger partial charge < -0.3 is 19.3 Å². The van der Waals surface area contributed by atoms with Crippen LogP contribution < -0.4 is 14.2 Å². The van der Waals surface area contributed by atoms with Gasteiger partial charge >= 0.3 is 23.9 Å². The molecule has 0 aliphatic carbocycles. The van der Waals surface area contributed by atoms with E-state index in [0.717, 1.165) is 32.9 Å². The lowest BCUT2D eigenvalue weighted by Gasteiger charge is -2.13. The third-order valence-corrected chi connectivity index (χ3v) is 2.02. The second-order valence-corrected chi connectivity index (χ2v) is 3.88. The van der Waals surface area contributed by atoms with E-state index in [-0.39, 0.29) is 11.5 Å². The minimum absolute atomic E-state index is 0.160. The molecular formula is C13H12O8. The van der Waals surface area contributed by atoms with Crippen LogP contribution >= 0.6 is 0 Å². The zero-order valence-corrected chi connectivity index (χ0v) is 11.5. The molecule has 0 saturated carbocycles. The topological polar surface area (TPSA) is 116 Å². The number of carbonyl (C=O) groups excluding carboxylic acids is 3. The van der Waals surface area contributed by atoms with E-state index in [9.17, 15) is 19.2 Å². The molecule has 0 spiro atoms. The normalized spacial score (nSPS) is 9.67. The van der Waals surface area contributed by atoms with Gasteiger partial charge in [-0.1, -0.05) is 0 Å². The molecule has 0 saturated heterocycles. The molecule has 0 heterocycles. The number of ether oxygens (including phenoxy) is 3. The van der Waals surface area contributed by atoms with E-state index in [1.807, 2.05) is 0 Å². The molecule has 21 heavy (non-hydrogen) atoms. The summed E-state index contributed by atoms with van der Waals surface area (Å²) in [5, 5.41) is 9.12. The summed E-state index contributed by atoms with van der Waals surface area (Å²) in [6.07, 6.45) is 0. The predicted molar refractivity (Wildman–Crippen MR) is 67.3 cm³/mol. The van der Waals surface area contributed by atoms with Crippen LogP contribution in [0, 0.1) is 0 Å². The summed E-state index contributed by atoms with van der Waals surface area (Å²) in [7, 11) is 0. The van der Waals surface area contributed by atoms with Crippen molar-refractivity contribution in [2.45, 2.75) is 20.8 Å². The van der Waals surface area contributed by atoms with Crippen molar-refractivity contribution in [2.24, 2.45) is 0 Å². The number of hydrogen-bond acceptors (Lipinski definition) is 7. The highest BCUT2D eigenvalue weighted by atomic mass is 16.6. The molecule has 1 N–H and O–H groups in total. The summed E-state index contributed by atoms with van der Waals surface area (Å²) >= 11 is 0. The van der Waals surface area contributed by atoms with Crippen LogP contribution in [0.15, 0.2) is 12.1 Å². The second kappa shape index (κ2) is 6.51. The number of aromatic carboxylic acids is 1. The van der Waals surface area contributed by atoms with Crippen molar-refractivity contribution < 1.29 is 38.5 Å². The highest BCUT2D eigenvalue weighted by molar-refractivity contribution is 5.94. The van der Waals surface area contributed by atoms with Crippen molar-refractivity contribution >= 4 is 23.9 Å². The Morgan fingerprint density at radius 2 is 1.38 bits per heavy atom. The Balaban J connectivity index is 3.48. The average molecular weight is 296 g/mol. The third-order valence-electron chi connectivity index (χ3n) is 2.02. The average Bonchev–Trinajstić information content (AvgIpc) is 2.29. The zero-order chi connectivity index (χ0) is 16.2. The zero-order valence-electron chi connectivity index (χ0n) is 11.5. The first-order valence-corrected chi connectivity index (χ1v) is 5.67. The SMILES string of the molecule is CC(=O)Oc1cc(OC(C)=O)c(OC(C)=O)c(C(=O)O)c1. The van der Waals surface area contributed by atoms with Crippen molar-refractivity contribution in [3.05, 3.63) is 17.7 Å². The van der Waals surface area contributed by atoms with Gasteiger partial charge in [0.1, 0.15) is 11.3 Å². The fraction of sp³-hybridized carbons (Fsp3) is 0.231. The number of esters is 3. The first-order chi connectivity index (χ1) is 9.70. The fourth-order valence-corrected chi connectivity index (χ4v) is 1.44. The van der Waals surface area contributed by atoms with Gasteiger partial charge in [0.25, 0.3) is 0 Å². The van der Waals surface area contributed by atoms with Crippen LogP contribution in [0.25, 0.3) is 0 Å². The van der Waals surface area contributed by atoms with Gasteiger partial charge in [0, 0.05) is 26.8 Å². The lowest BCUT2D eigenvalue weighted by atomic mass is 10.1. The molecular weight excluding hydrogens is 284 g/mol. The molecule has 1 rings (SSSR count). The minimum Gasteiger partial charge on any atom is -0.478 e. The number of carbonyl (C=O) groups is 4. The van der Waals surface area contributed by atoms with Gasteiger partial charge in [0.05, 0.1) is 0 Å². The lowest BCUT2D eigenvalue weighted by molar-refractivity contribution is -0.134. The lowest BCUT2D eigenvalue weighted by Crippen LogP contribution is -2.12. The summed E-state index contributed by atoms with van der Waals surface area (Å²) in [6, 6.07) is 2.06. The van der Waals surface area contributed by atoms with Gasteiger partial charge in [-0.2, -0.15) is 0 Å². The van der Waals surface area contributed by atoms with E-state index < -0.39 is 35.2 Å². The molecule has 1 aromatic rings. The summed E-state index contributed by atoms with van der Waals surface area (Å²) in [4.78, 5) is 44.2. The molecule has 8 nitrogen and oxygen atoms in total. The Morgan fingerprint density at radius 3 is 1.81 bits per heavy atom. The second-order valence-electron chi connectivity index (χ2n) is 3.88. The van der Waals surface area contributed by atoms with Crippen LogP contribution in [-0.2, 0) is 14.4 Å². The first-order valence-electron chi connectivity index (χ1n) is 5.67. The molecule has 0 aromatic heterocycles. The maximum Gasteiger partial charge on any atom is 0.339 e. The quantitative estimate of drug-likeness (QED) is 0.650. The van der Waals surface area contributed by atoms with E-state index in [0.29, 0.717) is 0 Å². The Morgan fingerprint density at radius 1 is 0.857 bits per heavy atom. The monoisotopic (exact) mass is 296 g/mol. The fourth-order valence-electron chi connectivity index (χ4n) is 1.44. The van der Waals surface area contributed by atoms with E-state index >= 15 is 0 Å². The van der Waals surface area contributed by atoms with Crippen molar-refractivity contribution in [3.63, 3.8) is 0 Å². The first kappa shape index (κ1) is 16.2. The molecule has 0 amide bonds. The number of carboxylic acid groups (broad SMARTS) is 1. The van der Waals surface area contributed by atoms with Crippen molar-refractivity contribution in [1.29, 1.82) is 0 Å². The van der Waals surface area contributed by atoms with Crippen molar-refractivity contribution in [1.82, 2.24) is 0 Å². The van der Waals surface area contributed by atoms with Crippen LogP contribution in [0.3, 0.4) is 0 Å². The maximum absolute atomic E-state index is 11.2. The standard InChI is InChI=1S/C13H12O8/c1-6(14)19-9-4-10(13(17)18)12(21-8(3)16)11(5-9)20-7(2)15/h4-5H,1-3H3,(H,17,18). The van der Waals surface area contributed by atoms with Gasteiger partial charge in [0.2, 0.25) is 0 Å². The largest absolute Gasteiger partial charge is 0.478 e. The number of carboxylic acids is 1. The molecule has 0 radical (unpaired) electrons. The van der Waals surface area contributed by atoms with Gasteiger partial charge in [-0.05, 0) is 6.07 Å². The smallest absolute Gasteiger partial charge is 0.339 e. The molecule has 1 aromatic carbocycles. The molecule has 112 valence electrons. The highest BCUT2D eigenvalue weighted by Crippen LogP contribution is 2.36. The Bertz CT molecular complexity index is 617. The van der Waals surface area contributed by atoms with Gasteiger partial charge in [0.15, 0.2) is 11.5 Å². The van der Waals surface area contributed by atoms with Gasteiger partial charge in [-0.25, -0.2) is 4.79 Å². The van der Waals surface area contributed by atoms with E-state index in [1.54, 1.807) is 0 Å². The van der Waals surface area contributed by atoms with Crippen molar-refractivity contribution in [3.8, 4) is 17.2 Å². The summed E-state index contributed by atoms with van der Waals surface area (Å²) in [5.41, 5.74) is -0.486. The van der Waals surface area contributed by atoms with E-state index in [2.05, 4.69) is 0 Å². The molecule has 0 unspecified atom stereocenters.